The van der Waals surface area contributed by atoms with Crippen molar-refractivity contribution in [2.45, 2.75) is 12.1 Å². The maximum absolute atomic E-state index is 8.78. The van der Waals surface area contributed by atoms with Gasteiger partial charge in [-0.3, -0.25) is 0 Å². The fourth-order valence-corrected chi connectivity index (χ4v) is 1.46. The van der Waals surface area contributed by atoms with Gasteiger partial charge < -0.3 is 10.8 Å². The first-order valence-electron chi connectivity index (χ1n) is 4.03. The van der Waals surface area contributed by atoms with Gasteiger partial charge in [-0.15, -0.1) is 0 Å². The number of nitrogen functional groups attached to an aromatic ring is 1. The van der Waals surface area contributed by atoms with E-state index in [1.165, 1.54) is 11.8 Å². The summed E-state index contributed by atoms with van der Waals surface area (Å²) in [7, 11) is 0. The predicted molar refractivity (Wildman–Crippen MR) is 53.4 cm³/mol. The molecular weight excluding hydrogens is 186 g/mol. The molecular formula is C8H13N3OS. The minimum atomic E-state index is 0.196. The number of aliphatic hydroxyl groups excluding tert-OH is 1. The van der Waals surface area contributed by atoms with Crippen LogP contribution in [0.5, 0.6) is 0 Å². The molecule has 0 bridgehead atoms. The highest BCUT2D eigenvalue weighted by Crippen LogP contribution is 2.15. The molecule has 4 nitrogen and oxygen atoms in total. The van der Waals surface area contributed by atoms with Crippen LogP contribution >= 0.6 is 11.8 Å². The Bertz CT molecular complexity index is 252. The smallest absolute Gasteiger partial charge is 0.187 e. The third-order valence-corrected chi connectivity index (χ3v) is 2.66. The van der Waals surface area contributed by atoms with Crippen LogP contribution in [-0.4, -0.2) is 27.4 Å². The Hall–Kier alpha value is -0.810. The Labute approximate surface area is 81.6 Å². The lowest BCUT2D eigenvalue weighted by Crippen LogP contribution is -2.04. The molecule has 0 amide bonds. The number of thioether (sulfide) groups is 1. The van der Waals surface area contributed by atoms with Gasteiger partial charge in [-0.05, 0) is 5.92 Å². The van der Waals surface area contributed by atoms with Crippen molar-refractivity contribution in [3.63, 3.8) is 0 Å². The minimum Gasteiger partial charge on any atom is -0.396 e. The van der Waals surface area contributed by atoms with Crippen molar-refractivity contribution in [2.75, 3.05) is 18.1 Å². The van der Waals surface area contributed by atoms with Crippen molar-refractivity contribution in [3.05, 3.63) is 12.4 Å². The highest BCUT2D eigenvalue weighted by atomic mass is 32.2. The van der Waals surface area contributed by atoms with Gasteiger partial charge in [0.05, 0.1) is 18.1 Å². The quantitative estimate of drug-likeness (QED) is 0.554. The van der Waals surface area contributed by atoms with Crippen molar-refractivity contribution >= 4 is 17.4 Å². The third kappa shape index (κ3) is 3.61. The molecule has 72 valence electrons. The summed E-state index contributed by atoms with van der Waals surface area (Å²) in [5.41, 5.74) is 6.00. The van der Waals surface area contributed by atoms with Crippen LogP contribution < -0.4 is 5.73 Å². The summed E-state index contributed by atoms with van der Waals surface area (Å²) in [6.45, 7) is 2.17. The molecule has 0 saturated carbocycles. The topological polar surface area (TPSA) is 72.0 Å². The summed E-state index contributed by atoms with van der Waals surface area (Å²) in [5.74, 6) is 1.09. The maximum Gasteiger partial charge on any atom is 0.187 e. The van der Waals surface area contributed by atoms with E-state index in [1.807, 2.05) is 6.92 Å². The average Bonchev–Trinajstić information content (AvgIpc) is 2.16. The van der Waals surface area contributed by atoms with Crippen LogP contribution in [0, 0.1) is 5.92 Å². The second-order valence-electron chi connectivity index (χ2n) is 2.90. The van der Waals surface area contributed by atoms with Crippen LogP contribution in [-0.2, 0) is 0 Å². The van der Waals surface area contributed by atoms with Crippen LogP contribution in [0.3, 0.4) is 0 Å². The monoisotopic (exact) mass is 199 g/mol. The van der Waals surface area contributed by atoms with E-state index < -0.39 is 0 Å². The zero-order valence-electron chi connectivity index (χ0n) is 7.47. The number of hydrogen-bond donors (Lipinski definition) is 2. The van der Waals surface area contributed by atoms with E-state index in [-0.39, 0.29) is 12.5 Å². The molecule has 1 rings (SSSR count). The van der Waals surface area contributed by atoms with Crippen molar-refractivity contribution < 1.29 is 5.11 Å². The van der Waals surface area contributed by atoms with Crippen molar-refractivity contribution in [1.82, 2.24) is 9.97 Å². The molecule has 3 N–H and O–H groups in total. The Morgan fingerprint density at radius 3 is 2.69 bits per heavy atom. The lowest BCUT2D eigenvalue weighted by molar-refractivity contribution is 0.250. The predicted octanol–water partition coefficient (Wildman–Crippen LogP) is 0.779. The number of aliphatic hydroxyl groups is 1. The SMILES string of the molecule is CC(CO)CSc1ncc(N)cn1. The van der Waals surface area contributed by atoms with E-state index in [0.29, 0.717) is 10.8 Å². The van der Waals surface area contributed by atoms with Crippen LogP contribution in [0.15, 0.2) is 17.6 Å². The van der Waals surface area contributed by atoms with Gasteiger partial charge in [-0.2, -0.15) is 0 Å². The second-order valence-corrected chi connectivity index (χ2v) is 3.88. The zero-order chi connectivity index (χ0) is 9.68. The average molecular weight is 199 g/mol. The molecule has 0 aliphatic heterocycles. The van der Waals surface area contributed by atoms with Gasteiger partial charge in [0, 0.05) is 12.4 Å². The number of hydrogen-bond acceptors (Lipinski definition) is 5. The molecule has 0 fully saturated rings. The second kappa shape index (κ2) is 5.04. The number of aromatic nitrogens is 2. The first-order chi connectivity index (χ1) is 6.22. The molecule has 1 unspecified atom stereocenters. The fourth-order valence-electron chi connectivity index (χ4n) is 0.670. The molecule has 1 atom stereocenters. The Kier molecular flexibility index (Phi) is 3.98. The van der Waals surface area contributed by atoms with Crippen LogP contribution in [0.2, 0.25) is 0 Å². The first-order valence-corrected chi connectivity index (χ1v) is 5.02. The number of nitrogens with zero attached hydrogens (tertiary/aromatic N) is 2. The zero-order valence-corrected chi connectivity index (χ0v) is 8.29. The molecule has 0 aliphatic carbocycles. The van der Waals surface area contributed by atoms with Gasteiger partial charge in [0.15, 0.2) is 5.16 Å². The number of rotatable bonds is 4. The lowest BCUT2D eigenvalue weighted by Gasteiger charge is -2.05. The Morgan fingerprint density at radius 1 is 1.54 bits per heavy atom. The normalized spacial score (nSPS) is 12.8. The number of anilines is 1. The third-order valence-electron chi connectivity index (χ3n) is 1.46. The van der Waals surface area contributed by atoms with E-state index in [1.54, 1.807) is 12.4 Å². The molecule has 0 radical (unpaired) electrons. The Morgan fingerprint density at radius 2 is 2.15 bits per heavy atom. The van der Waals surface area contributed by atoms with Crippen molar-refractivity contribution in [1.29, 1.82) is 0 Å². The van der Waals surface area contributed by atoms with E-state index in [9.17, 15) is 0 Å². The summed E-state index contributed by atoms with van der Waals surface area (Å²) in [4.78, 5) is 8.06. The molecule has 0 saturated heterocycles. The van der Waals surface area contributed by atoms with Crippen LogP contribution in [0.1, 0.15) is 6.92 Å². The minimum absolute atomic E-state index is 0.196. The molecule has 0 spiro atoms. The molecule has 0 aromatic carbocycles. The highest BCUT2D eigenvalue weighted by molar-refractivity contribution is 7.99. The van der Waals surface area contributed by atoms with Gasteiger partial charge >= 0.3 is 0 Å². The summed E-state index contributed by atoms with van der Waals surface area (Å²) in [6.07, 6.45) is 3.16. The van der Waals surface area contributed by atoms with Gasteiger partial charge in [0.2, 0.25) is 0 Å². The van der Waals surface area contributed by atoms with E-state index >= 15 is 0 Å². The summed E-state index contributed by atoms with van der Waals surface area (Å²) in [5, 5.41) is 9.49. The molecule has 13 heavy (non-hydrogen) atoms. The molecule has 1 heterocycles. The van der Waals surface area contributed by atoms with Crippen LogP contribution in [0.4, 0.5) is 5.69 Å². The first kappa shape index (κ1) is 10.3. The van der Waals surface area contributed by atoms with Gasteiger partial charge in [0.25, 0.3) is 0 Å². The largest absolute Gasteiger partial charge is 0.396 e. The molecule has 0 aliphatic rings. The van der Waals surface area contributed by atoms with Gasteiger partial charge in [-0.1, -0.05) is 18.7 Å². The lowest BCUT2D eigenvalue weighted by atomic mass is 10.2. The summed E-state index contributed by atoms with van der Waals surface area (Å²) >= 11 is 1.52. The van der Waals surface area contributed by atoms with E-state index in [0.717, 1.165) is 5.75 Å². The fraction of sp³-hybridized carbons (Fsp3) is 0.500. The van der Waals surface area contributed by atoms with Crippen molar-refractivity contribution in [3.8, 4) is 0 Å². The molecule has 1 aromatic heterocycles. The molecule has 5 heteroatoms. The van der Waals surface area contributed by atoms with Gasteiger partial charge in [-0.25, -0.2) is 9.97 Å². The molecule has 1 aromatic rings. The highest BCUT2D eigenvalue weighted by Gasteiger charge is 2.02. The van der Waals surface area contributed by atoms with Gasteiger partial charge in [0.1, 0.15) is 0 Å². The van der Waals surface area contributed by atoms with Crippen molar-refractivity contribution in [2.24, 2.45) is 5.92 Å². The van der Waals surface area contributed by atoms with Crippen LogP contribution in [0.25, 0.3) is 0 Å². The standard InChI is InChI=1S/C8H13N3OS/c1-6(4-12)5-13-8-10-2-7(9)3-11-8/h2-3,6,12H,4-5,9H2,1H3. The summed E-state index contributed by atoms with van der Waals surface area (Å²) in [6, 6.07) is 0. The van der Waals surface area contributed by atoms with E-state index in [2.05, 4.69) is 9.97 Å². The number of nitrogens with two attached hydrogens (primary N) is 1. The summed E-state index contributed by atoms with van der Waals surface area (Å²) < 4.78 is 0. The Balaban J connectivity index is 2.41. The maximum atomic E-state index is 8.78. The van der Waals surface area contributed by atoms with E-state index in [4.69, 9.17) is 10.8 Å².